The summed E-state index contributed by atoms with van der Waals surface area (Å²) in [5.41, 5.74) is 0.952. The second kappa shape index (κ2) is 8.06. The van der Waals surface area contributed by atoms with E-state index in [4.69, 9.17) is 11.6 Å². The molecular formula is C18H25ClN4O2. The van der Waals surface area contributed by atoms with E-state index in [0.717, 1.165) is 18.4 Å². The van der Waals surface area contributed by atoms with Crippen molar-refractivity contribution in [2.45, 2.75) is 50.4 Å². The fourth-order valence-electron chi connectivity index (χ4n) is 3.67. The van der Waals surface area contributed by atoms with E-state index in [9.17, 15) is 9.59 Å². The van der Waals surface area contributed by atoms with Crippen molar-refractivity contribution < 1.29 is 9.59 Å². The van der Waals surface area contributed by atoms with E-state index < -0.39 is 0 Å². The van der Waals surface area contributed by atoms with E-state index in [1.807, 2.05) is 19.2 Å². The van der Waals surface area contributed by atoms with Crippen molar-refractivity contribution in [3.8, 4) is 0 Å². The molecule has 3 amide bonds. The smallest absolute Gasteiger partial charge is 0.315 e. The van der Waals surface area contributed by atoms with Crippen LogP contribution in [0.2, 0.25) is 5.02 Å². The molecule has 6 nitrogen and oxygen atoms in total. The number of carbonyl (C=O) groups is 2. The van der Waals surface area contributed by atoms with Crippen molar-refractivity contribution in [3.63, 3.8) is 0 Å². The van der Waals surface area contributed by atoms with Crippen LogP contribution in [0.25, 0.3) is 0 Å². The number of benzene rings is 1. The number of likely N-dealkylation sites (N-methyl/N-ethyl adjacent to an activating group) is 1. The Bertz CT molecular complexity index is 610. The molecule has 2 aliphatic heterocycles. The first-order valence-corrected chi connectivity index (χ1v) is 9.17. The van der Waals surface area contributed by atoms with Crippen molar-refractivity contribution in [2.75, 3.05) is 13.6 Å². The van der Waals surface area contributed by atoms with Crippen molar-refractivity contribution >= 4 is 23.5 Å². The number of fused-ring (bicyclic) bond motifs is 2. The number of halogens is 1. The third-order valence-electron chi connectivity index (χ3n) is 5.16. The Morgan fingerprint density at radius 1 is 1.16 bits per heavy atom. The summed E-state index contributed by atoms with van der Waals surface area (Å²) >= 11 is 5.83. The number of nitrogens with one attached hydrogen (secondary N) is 3. The molecule has 2 unspecified atom stereocenters. The predicted molar refractivity (Wildman–Crippen MR) is 97.4 cm³/mol. The monoisotopic (exact) mass is 364 g/mol. The number of carbonyl (C=O) groups excluding carboxylic acids is 2. The second-order valence-electron chi connectivity index (χ2n) is 6.93. The number of amides is 3. The summed E-state index contributed by atoms with van der Waals surface area (Å²) in [6.07, 6.45) is 4.41. The van der Waals surface area contributed by atoms with Gasteiger partial charge in [0.25, 0.3) is 0 Å². The van der Waals surface area contributed by atoms with Gasteiger partial charge in [-0.3, -0.25) is 4.79 Å². The lowest BCUT2D eigenvalue weighted by atomic mass is 9.98. The second-order valence-corrected chi connectivity index (χ2v) is 7.37. The quantitative estimate of drug-likeness (QED) is 0.747. The topological polar surface area (TPSA) is 73.5 Å². The van der Waals surface area contributed by atoms with E-state index in [2.05, 4.69) is 16.0 Å². The van der Waals surface area contributed by atoms with Gasteiger partial charge in [-0.15, -0.1) is 0 Å². The first kappa shape index (κ1) is 18.0. The summed E-state index contributed by atoms with van der Waals surface area (Å²) in [5, 5.41) is 9.62. The zero-order valence-corrected chi connectivity index (χ0v) is 15.2. The lowest BCUT2D eigenvalue weighted by Crippen LogP contribution is -2.51. The van der Waals surface area contributed by atoms with Crippen LogP contribution in [0.3, 0.4) is 0 Å². The Morgan fingerprint density at radius 3 is 2.44 bits per heavy atom. The Labute approximate surface area is 153 Å². The minimum absolute atomic E-state index is 0.0161. The summed E-state index contributed by atoms with van der Waals surface area (Å²) in [5.74, 6) is -0.0482. The van der Waals surface area contributed by atoms with Gasteiger partial charge in [0.1, 0.15) is 0 Å². The molecule has 0 spiro atoms. The van der Waals surface area contributed by atoms with Crippen LogP contribution in [0.15, 0.2) is 24.3 Å². The molecule has 3 N–H and O–H groups in total. The minimum Gasteiger partial charge on any atom is -0.341 e. The highest BCUT2D eigenvalue weighted by molar-refractivity contribution is 6.30. The number of piperidine rings is 1. The third-order valence-corrected chi connectivity index (χ3v) is 5.41. The number of rotatable bonds is 5. The molecule has 2 saturated heterocycles. The zero-order valence-electron chi connectivity index (χ0n) is 14.4. The van der Waals surface area contributed by atoms with Crippen molar-refractivity contribution in [3.05, 3.63) is 34.9 Å². The SMILES string of the molecule is CN(C(=O)CNC(=O)NCc1ccc(Cl)cc1)C1CC2CCC(C1)N2. The van der Waals surface area contributed by atoms with Gasteiger partial charge in [0.05, 0.1) is 6.54 Å². The summed E-state index contributed by atoms with van der Waals surface area (Å²) in [7, 11) is 1.84. The lowest BCUT2D eigenvalue weighted by Gasteiger charge is -2.35. The van der Waals surface area contributed by atoms with Crippen molar-refractivity contribution in [2.24, 2.45) is 0 Å². The number of urea groups is 1. The standard InChI is InChI=1S/C18H25ClN4O2/c1-23(16-8-14-6-7-15(9-16)22-14)17(24)11-21-18(25)20-10-12-2-4-13(19)5-3-12/h2-5,14-16,22H,6-11H2,1H3,(H2,20,21,25). The zero-order chi connectivity index (χ0) is 17.8. The van der Waals surface area contributed by atoms with Gasteiger partial charge in [-0.25, -0.2) is 4.79 Å². The molecule has 3 rings (SSSR count). The number of hydrogen-bond donors (Lipinski definition) is 3. The van der Waals surface area contributed by atoms with Gasteiger partial charge in [0.2, 0.25) is 5.91 Å². The molecule has 2 atom stereocenters. The van der Waals surface area contributed by atoms with Crippen LogP contribution in [-0.2, 0) is 11.3 Å². The molecule has 136 valence electrons. The maximum atomic E-state index is 12.3. The Balaban J connectivity index is 1.39. The molecule has 2 bridgehead atoms. The van der Waals surface area contributed by atoms with Gasteiger partial charge >= 0.3 is 6.03 Å². The van der Waals surface area contributed by atoms with Gasteiger partial charge in [-0.1, -0.05) is 23.7 Å². The first-order valence-electron chi connectivity index (χ1n) is 8.79. The molecule has 0 aliphatic carbocycles. The molecular weight excluding hydrogens is 340 g/mol. The van der Waals surface area contributed by atoms with Crippen LogP contribution in [0, 0.1) is 0 Å². The molecule has 2 heterocycles. The molecule has 2 aliphatic rings. The Kier molecular flexibility index (Phi) is 5.81. The maximum absolute atomic E-state index is 12.3. The average molecular weight is 365 g/mol. The van der Waals surface area contributed by atoms with Gasteiger partial charge in [-0.2, -0.15) is 0 Å². The van der Waals surface area contributed by atoms with Crippen LogP contribution in [0.5, 0.6) is 0 Å². The molecule has 7 heteroatoms. The average Bonchev–Trinajstić information content (AvgIpc) is 2.96. The van der Waals surface area contributed by atoms with Crippen LogP contribution < -0.4 is 16.0 Å². The molecule has 0 aromatic heterocycles. The summed E-state index contributed by atoms with van der Waals surface area (Å²) in [4.78, 5) is 26.0. The number of hydrogen-bond acceptors (Lipinski definition) is 3. The van der Waals surface area contributed by atoms with Gasteiger partial charge < -0.3 is 20.9 Å². The van der Waals surface area contributed by atoms with Gasteiger partial charge in [0, 0.05) is 36.7 Å². The third kappa shape index (κ3) is 4.86. The van der Waals surface area contributed by atoms with Crippen molar-refractivity contribution in [1.29, 1.82) is 0 Å². The minimum atomic E-state index is -0.345. The highest BCUT2D eigenvalue weighted by Crippen LogP contribution is 2.29. The highest BCUT2D eigenvalue weighted by atomic mass is 35.5. The predicted octanol–water partition coefficient (Wildman–Crippen LogP) is 1.88. The van der Waals surface area contributed by atoms with Crippen LogP contribution >= 0.6 is 11.6 Å². The molecule has 2 fully saturated rings. The molecule has 1 aromatic rings. The van der Waals surface area contributed by atoms with Crippen LogP contribution in [-0.4, -0.2) is 48.6 Å². The van der Waals surface area contributed by atoms with E-state index in [-0.39, 0.29) is 24.5 Å². The fraction of sp³-hybridized carbons (Fsp3) is 0.556. The van der Waals surface area contributed by atoms with Crippen LogP contribution in [0.4, 0.5) is 4.79 Å². The Morgan fingerprint density at radius 2 is 1.80 bits per heavy atom. The lowest BCUT2D eigenvalue weighted by molar-refractivity contribution is -0.131. The van der Waals surface area contributed by atoms with E-state index in [0.29, 0.717) is 23.7 Å². The van der Waals surface area contributed by atoms with E-state index in [1.54, 1.807) is 17.0 Å². The molecule has 1 aromatic carbocycles. The van der Waals surface area contributed by atoms with Crippen molar-refractivity contribution in [1.82, 2.24) is 20.9 Å². The largest absolute Gasteiger partial charge is 0.341 e. The normalized spacial score (nSPS) is 24.6. The number of nitrogens with zero attached hydrogens (tertiary/aromatic N) is 1. The Hall–Kier alpha value is -1.79. The van der Waals surface area contributed by atoms with E-state index >= 15 is 0 Å². The molecule has 0 saturated carbocycles. The van der Waals surface area contributed by atoms with Gasteiger partial charge in [0.15, 0.2) is 0 Å². The maximum Gasteiger partial charge on any atom is 0.315 e. The highest BCUT2D eigenvalue weighted by Gasteiger charge is 2.36. The summed E-state index contributed by atoms with van der Waals surface area (Å²) < 4.78 is 0. The molecule has 25 heavy (non-hydrogen) atoms. The summed E-state index contributed by atoms with van der Waals surface area (Å²) in [6, 6.07) is 8.26. The molecule has 0 radical (unpaired) electrons. The first-order chi connectivity index (χ1) is 12.0. The van der Waals surface area contributed by atoms with Gasteiger partial charge in [-0.05, 0) is 43.4 Å². The summed E-state index contributed by atoms with van der Waals surface area (Å²) in [6.45, 7) is 0.410. The fourth-order valence-corrected chi connectivity index (χ4v) is 3.80. The van der Waals surface area contributed by atoms with Crippen LogP contribution in [0.1, 0.15) is 31.2 Å². The van der Waals surface area contributed by atoms with E-state index in [1.165, 1.54) is 12.8 Å².